The van der Waals surface area contributed by atoms with E-state index in [9.17, 15) is 14.7 Å². The quantitative estimate of drug-likeness (QED) is 0.549. The lowest BCUT2D eigenvalue weighted by Gasteiger charge is -2.36. The summed E-state index contributed by atoms with van der Waals surface area (Å²) >= 11 is 0. The summed E-state index contributed by atoms with van der Waals surface area (Å²) in [5.74, 6) is 0.151. The fraction of sp³-hybridized carbons (Fsp3) is 0.357. The zero-order valence-electron chi connectivity index (χ0n) is 21.1. The molecule has 0 saturated carbocycles. The van der Waals surface area contributed by atoms with Gasteiger partial charge in [-0.25, -0.2) is 4.79 Å². The Kier molecular flexibility index (Phi) is 7.24. The molecule has 0 fully saturated rings. The number of ether oxygens (including phenoxy) is 4. The number of allylic oxidation sites excluding steroid dienone is 3. The number of esters is 1. The molecular weight excluding hydrogens is 462 g/mol. The first kappa shape index (κ1) is 25.2. The van der Waals surface area contributed by atoms with Gasteiger partial charge in [0.2, 0.25) is 0 Å². The fourth-order valence-corrected chi connectivity index (χ4v) is 5.08. The van der Waals surface area contributed by atoms with Gasteiger partial charge in [0.25, 0.3) is 0 Å². The van der Waals surface area contributed by atoms with E-state index in [1.54, 1.807) is 46.3 Å². The van der Waals surface area contributed by atoms with Gasteiger partial charge in [0.15, 0.2) is 28.8 Å². The first-order valence-electron chi connectivity index (χ1n) is 11.8. The molecule has 190 valence electrons. The molecule has 0 spiro atoms. The van der Waals surface area contributed by atoms with Crippen molar-refractivity contribution < 1.29 is 33.6 Å². The second-order valence-corrected chi connectivity index (χ2v) is 8.78. The minimum absolute atomic E-state index is 0.0667. The van der Waals surface area contributed by atoms with Gasteiger partial charge < -0.3 is 29.4 Å². The summed E-state index contributed by atoms with van der Waals surface area (Å²) in [6.07, 6.45) is 0.840. The molecule has 2 aromatic rings. The maximum Gasteiger partial charge on any atom is 0.336 e. The van der Waals surface area contributed by atoms with Gasteiger partial charge in [-0.2, -0.15) is 0 Å². The Labute approximate surface area is 210 Å². The van der Waals surface area contributed by atoms with Gasteiger partial charge in [0.05, 0.1) is 33.5 Å². The van der Waals surface area contributed by atoms with E-state index in [2.05, 4.69) is 5.32 Å². The van der Waals surface area contributed by atoms with Crippen molar-refractivity contribution in [2.45, 2.75) is 38.5 Å². The summed E-state index contributed by atoms with van der Waals surface area (Å²) in [7, 11) is 4.63. The molecule has 0 radical (unpaired) electrons. The Morgan fingerprint density at radius 3 is 2.28 bits per heavy atom. The van der Waals surface area contributed by atoms with E-state index in [-0.39, 0.29) is 30.5 Å². The second kappa shape index (κ2) is 10.4. The highest BCUT2D eigenvalue weighted by molar-refractivity contribution is 6.04. The minimum atomic E-state index is -0.670. The molecule has 2 N–H and O–H groups in total. The molecule has 0 unspecified atom stereocenters. The summed E-state index contributed by atoms with van der Waals surface area (Å²) in [4.78, 5) is 26.7. The lowest BCUT2D eigenvalue weighted by molar-refractivity contribution is -0.138. The number of carbonyl (C=O) groups excluding carboxylic acids is 2. The topological polar surface area (TPSA) is 103 Å². The highest BCUT2D eigenvalue weighted by atomic mass is 16.5. The van der Waals surface area contributed by atoms with Crippen molar-refractivity contribution in [1.29, 1.82) is 0 Å². The first-order chi connectivity index (χ1) is 17.3. The largest absolute Gasteiger partial charge is 0.504 e. The van der Waals surface area contributed by atoms with Crippen LogP contribution in [-0.4, -0.2) is 44.8 Å². The van der Waals surface area contributed by atoms with E-state index in [0.29, 0.717) is 46.1 Å². The maximum atomic E-state index is 13.7. The number of hydrogen-bond acceptors (Lipinski definition) is 8. The molecule has 0 aromatic heterocycles. The Balaban J connectivity index is 1.79. The lowest BCUT2D eigenvalue weighted by Crippen LogP contribution is -2.36. The Morgan fingerprint density at radius 1 is 0.972 bits per heavy atom. The third-order valence-electron chi connectivity index (χ3n) is 6.74. The number of phenolic OH excluding ortho intramolecular Hbond substituents is 1. The minimum Gasteiger partial charge on any atom is -0.504 e. The van der Waals surface area contributed by atoms with Gasteiger partial charge >= 0.3 is 5.97 Å². The predicted octanol–water partition coefficient (Wildman–Crippen LogP) is 4.34. The van der Waals surface area contributed by atoms with Crippen LogP contribution < -0.4 is 19.5 Å². The molecule has 1 aliphatic carbocycles. The number of hydrogen-bond donors (Lipinski definition) is 2. The molecule has 1 heterocycles. The number of Topliss-reactive ketones (excluding diaryl/α,β-unsaturated/α-hetero) is 1. The normalized spacial score (nSPS) is 19.4. The molecule has 4 rings (SSSR count). The summed E-state index contributed by atoms with van der Waals surface area (Å²) in [6.45, 7) is 3.75. The SMILES string of the molecule is CCOC(=O)C1=C(C)NC2=C(C(=O)C[C@@H](c3ccc(OC)c(OC)c3)C2)[C@H]1c1ccc(OC)c(O)c1. The lowest BCUT2D eigenvalue weighted by atomic mass is 9.71. The highest BCUT2D eigenvalue weighted by Gasteiger charge is 2.41. The van der Waals surface area contributed by atoms with Crippen LogP contribution in [0.15, 0.2) is 58.9 Å². The van der Waals surface area contributed by atoms with Crippen LogP contribution in [0.2, 0.25) is 0 Å². The summed E-state index contributed by atoms with van der Waals surface area (Å²) in [6, 6.07) is 10.6. The van der Waals surface area contributed by atoms with Crippen LogP contribution >= 0.6 is 0 Å². The van der Waals surface area contributed by atoms with Crippen LogP contribution in [-0.2, 0) is 14.3 Å². The predicted molar refractivity (Wildman–Crippen MR) is 133 cm³/mol. The average Bonchev–Trinajstić information content (AvgIpc) is 2.87. The van der Waals surface area contributed by atoms with Gasteiger partial charge in [-0.15, -0.1) is 0 Å². The molecule has 2 aromatic carbocycles. The number of rotatable bonds is 7. The smallest absolute Gasteiger partial charge is 0.336 e. The maximum absolute atomic E-state index is 13.7. The van der Waals surface area contributed by atoms with E-state index < -0.39 is 11.9 Å². The third kappa shape index (κ3) is 4.51. The molecule has 2 aliphatic rings. The molecule has 0 bridgehead atoms. The number of methoxy groups -OCH3 is 3. The number of aromatic hydroxyl groups is 1. The number of carbonyl (C=O) groups is 2. The van der Waals surface area contributed by atoms with Gasteiger partial charge in [0, 0.05) is 29.3 Å². The van der Waals surface area contributed by atoms with E-state index in [0.717, 1.165) is 11.3 Å². The van der Waals surface area contributed by atoms with Crippen LogP contribution in [0.5, 0.6) is 23.0 Å². The summed E-state index contributed by atoms with van der Waals surface area (Å²) in [5, 5.41) is 13.8. The second-order valence-electron chi connectivity index (χ2n) is 8.78. The van der Waals surface area contributed by atoms with Crippen molar-refractivity contribution >= 4 is 11.8 Å². The van der Waals surface area contributed by atoms with Crippen molar-refractivity contribution in [1.82, 2.24) is 5.32 Å². The number of phenols is 1. The van der Waals surface area contributed by atoms with Gasteiger partial charge in [-0.3, -0.25) is 4.79 Å². The number of dihydropyridines is 1. The van der Waals surface area contributed by atoms with Crippen molar-refractivity contribution in [3.8, 4) is 23.0 Å². The monoisotopic (exact) mass is 493 g/mol. The standard InChI is InChI=1S/C28H31NO7/c1-6-36-28(32)25-15(2)29-19-11-18(16-7-10-23(34-4)24(14-16)35-5)13-21(31)27(19)26(25)17-8-9-22(33-3)20(30)12-17/h7-10,12,14,18,26,29-30H,6,11,13H2,1-5H3/t18-,26-/m0/s1. The zero-order valence-corrected chi connectivity index (χ0v) is 21.1. The summed E-state index contributed by atoms with van der Waals surface area (Å²) < 4.78 is 21.3. The van der Waals surface area contributed by atoms with Crippen LogP contribution in [0.25, 0.3) is 0 Å². The van der Waals surface area contributed by atoms with E-state index >= 15 is 0 Å². The van der Waals surface area contributed by atoms with Crippen LogP contribution in [0, 0.1) is 0 Å². The van der Waals surface area contributed by atoms with Crippen molar-refractivity contribution in [2.75, 3.05) is 27.9 Å². The fourth-order valence-electron chi connectivity index (χ4n) is 5.08. The Morgan fingerprint density at radius 2 is 1.64 bits per heavy atom. The Bertz CT molecular complexity index is 1260. The molecule has 2 atom stereocenters. The van der Waals surface area contributed by atoms with Gasteiger partial charge in [-0.1, -0.05) is 12.1 Å². The molecule has 0 saturated heterocycles. The molecule has 8 heteroatoms. The van der Waals surface area contributed by atoms with E-state index in [1.807, 2.05) is 18.2 Å². The van der Waals surface area contributed by atoms with Crippen molar-refractivity contribution in [2.24, 2.45) is 0 Å². The van der Waals surface area contributed by atoms with E-state index in [1.165, 1.54) is 7.11 Å². The van der Waals surface area contributed by atoms with Crippen molar-refractivity contribution in [3.05, 3.63) is 70.1 Å². The third-order valence-corrected chi connectivity index (χ3v) is 6.74. The summed E-state index contributed by atoms with van der Waals surface area (Å²) in [5.41, 5.74) is 3.83. The van der Waals surface area contributed by atoms with Crippen molar-refractivity contribution in [3.63, 3.8) is 0 Å². The molecule has 36 heavy (non-hydrogen) atoms. The molecule has 0 amide bonds. The number of benzene rings is 2. The van der Waals surface area contributed by atoms with Crippen LogP contribution in [0.1, 0.15) is 49.7 Å². The highest BCUT2D eigenvalue weighted by Crippen LogP contribution is 2.47. The van der Waals surface area contributed by atoms with Crippen LogP contribution in [0.4, 0.5) is 0 Å². The molecule has 8 nitrogen and oxygen atoms in total. The number of nitrogens with one attached hydrogen (secondary N) is 1. The van der Waals surface area contributed by atoms with Crippen LogP contribution in [0.3, 0.4) is 0 Å². The van der Waals surface area contributed by atoms with E-state index in [4.69, 9.17) is 18.9 Å². The number of ketones is 1. The zero-order chi connectivity index (χ0) is 26.0. The van der Waals surface area contributed by atoms with Gasteiger partial charge in [-0.05, 0) is 61.6 Å². The Hall–Kier alpha value is -3.94. The first-order valence-corrected chi connectivity index (χ1v) is 11.8. The van der Waals surface area contributed by atoms with Gasteiger partial charge in [0.1, 0.15) is 0 Å². The molecule has 1 aliphatic heterocycles. The average molecular weight is 494 g/mol. The molecular formula is C28H31NO7.